The second-order valence-corrected chi connectivity index (χ2v) is 10.7. The number of piperidine rings is 1. The lowest BCUT2D eigenvalue weighted by Gasteiger charge is -2.39. The van der Waals surface area contributed by atoms with Crippen molar-refractivity contribution in [2.75, 3.05) is 19.6 Å². The average molecular weight is 473 g/mol. The van der Waals surface area contributed by atoms with E-state index in [-0.39, 0.29) is 18.0 Å². The van der Waals surface area contributed by atoms with Crippen LogP contribution in [-0.2, 0) is 13.1 Å². The molecule has 1 aliphatic carbocycles. The first-order chi connectivity index (χ1) is 17.2. The van der Waals surface area contributed by atoms with Crippen LogP contribution in [0.2, 0.25) is 0 Å². The summed E-state index contributed by atoms with van der Waals surface area (Å²) < 4.78 is 0. The largest absolute Gasteiger partial charge is 0.348 e. The molecule has 1 saturated carbocycles. The highest BCUT2D eigenvalue weighted by molar-refractivity contribution is 5.98. The molecule has 35 heavy (non-hydrogen) atoms. The van der Waals surface area contributed by atoms with Crippen LogP contribution in [-0.4, -0.2) is 58.4 Å². The highest BCUT2D eigenvalue weighted by atomic mass is 16.2. The number of nitrogens with one attached hydrogen (secondary N) is 1. The fraction of sp³-hybridized carbons (Fsp3) is 0.517. The Labute approximate surface area is 208 Å². The third-order valence-corrected chi connectivity index (χ3v) is 8.58. The van der Waals surface area contributed by atoms with Crippen molar-refractivity contribution in [3.05, 3.63) is 70.8 Å². The van der Waals surface area contributed by atoms with Gasteiger partial charge in [0.1, 0.15) is 0 Å². The van der Waals surface area contributed by atoms with E-state index in [1.54, 1.807) is 0 Å². The molecule has 0 unspecified atom stereocenters. The zero-order valence-corrected chi connectivity index (χ0v) is 20.5. The Morgan fingerprint density at radius 1 is 0.857 bits per heavy atom. The Hall–Kier alpha value is -2.86. The summed E-state index contributed by atoms with van der Waals surface area (Å²) in [5.74, 6) is 0.0397. The molecule has 6 rings (SSSR count). The molecular weight excluding hydrogens is 436 g/mol. The van der Waals surface area contributed by atoms with Crippen LogP contribution in [0.25, 0.3) is 0 Å². The van der Waals surface area contributed by atoms with E-state index >= 15 is 0 Å². The monoisotopic (exact) mass is 472 g/mol. The van der Waals surface area contributed by atoms with Crippen molar-refractivity contribution in [3.8, 4) is 0 Å². The Bertz CT molecular complexity index is 1070. The first-order valence-corrected chi connectivity index (χ1v) is 13.4. The van der Waals surface area contributed by atoms with Crippen molar-refractivity contribution < 1.29 is 9.59 Å². The summed E-state index contributed by atoms with van der Waals surface area (Å²) in [6.07, 6.45) is 8.13. The first-order valence-electron chi connectivity index (χ1n) is 13.4. The number of carbonyl (C=O) groups is 2. The van der Waals surface area contributed by atoms with Gasteiger partial charge in [-0.15, -0.1) is 0 Å². The standard InChI is InChI=1S/C29H36N4O2/c34-28-26-12-11-21(17-23(26)18-30-28)19-31-15-13-25(14-16-31)33-27(22-7-3-1-4-8-22)20-32(29(33)35)24-9-5-2-6-10-24/h1,3-4,7-8,11-12,17,24-25,27H,2,5-6,9-10,13-16,18-20H2,(H,30,34)/t27-/m0/s1. The van der Waals surface area contributed by atoms with Crippen molar-refractivity contribution in [2.24, 2.45) is 0 Å². The Morgan fingerprint density at radius 2 is 1.63 bits per heavy atom. The smallest absolute Gasteiger partial charge is 0.321 e. The molecule has 184 valence electrons. The number of likely N-dealkylation sites (tertiary alicyclic amines) is 1. The van der Waals surface area contributed by atoms with Gasteiger partial charge in [0, 0.05) is 50.4 Å². The van der Waals surface area contributed by atoms with Crippen LogP contribution in [0.4, 0.5) is 4.79 Å². The maximum Gasteiger partial charge on any atom is 0.321 e. The molecule has 1 N–H and O–H groups in total. The molecule has 4 aliphatic rings. The molecule has 0 radical (unpaired) electrons. The van der Waals surface area contributed by atoms with Gasteiger partial charge in [0.2, 0.25) is 0 Å². The summed E-state index contributed by atoms with van der Waals surface area (Å²) in [5, 5.41) is 2.91. The van der Waals surface area contributed by atoms with Crippen molar-refractivity contribution >= 4 is 11.9 Å². The zero-order valence-electron chi connectivity index (χ0n) is 20.5. The molecule has 0 spiro atoms. The van der Waals surface area contributed by atoms with Crippen LogP contribution in [0, 0.1) is 0 Å². The van der Waals surface area contributed by atoms with Crippen LogP contribution in [0.1, 0.15) is 78.0 Å². The predicted octanol–water partition coefficient (Wildman–Crippen LogP) is 4.71. The maximum atomic E-state index is 13.8. The zero-order chi connectivity index (χ0) is 23.8. The lowest BCUT2D eigenvalue weighted by molar-refractivity contribution is 0.0965. The third-order valence-electron chi connectivity index (χ3n) is 8.58. The summed E-state index contributed by atoms with van der Waals surface area (Å²) in [4.78, 5) is 32.6. The SMILES string of the molecule is O=C1NCc2cc(CN3CCC(N4C(=O)N(C5CCCCC5)C[C@H]4c4ccccc4)CC3)ccc21. The van der Waals surface area contributed by atoms with Gasteiger partial charge in [0.15, 0.2) is 0 Å². The van der Waals surface area contributed by atoms with E-state index in [1.165, 1.54) is 30.4 Å². The molecule has 2 aromatic rings. The second kappa shape index (κ2) is 9.65. The molecule has 3 amide bonds. The Morgan fingerprint density at radius 3 is 2.40 bits per heavy atom. The quantitative estimate of drug-likeness (QED) is 0.686. The fourth-order valence-corrected chi connectivity index (χ4v) is 6.68. The van der Waals surface area contributed by atoms with Gasteiger partial charge in [0.05, 0.1) is 6.04 Å². The molecule has 2 aromatic carbocycles. The number of rotatable bonds is 5. The van der Waals surface area contributed by atoms with Crippen molar-refractivity contribution in [1.82, 2.24) is 20.0 Å². The van der Waals surface area contributed by atoms with Gasteiger partial charge in [-0.05, 0) is 48.4 Å². The normalized spacial score (nSPS) is 24.2. The van der Waals surface area contributed by atoms with Gasteiger partial charge < -0.3 is 15.1 Å². The summed E-state index contributed by atoms with van der Waals surface area (Å²) in [7, 11) is 0. The number of nitrogens with zero attached hydrogens (tertiary/aromatic N) is 3. The highest BCUT2D eigenvalue weighted by Crippen LogP contribution is 2.38. The van der Waals surface area contributed by atoms with Crippen LogP contribution in [0.15, 0.2) is 48.5 Å². The second-order valence-electron chi connectivity index (χ2n) is 10.7. The number of hydrogen-bond donors (Lipinski definition) is 1. The number of benzene rings is 2. The van der Waals surface area contributed by atoms with Crippen LogP contribution >= 0.6 is 0 Å². The number of hydrogen-bond acceptors (Lipinski definition) is 3. The van der Waals surface area contributed by atoms with E-state index < -0.39 is 0 Å². The number of amides is 3. The van der Waals surface area contributed by atoms with Crippen LogP contribution < -0.4 is 5.32 Å². The molecule has 2 saturated heterocycles. The minimum absolute atomic E-state index is 0.0397. The summed E-state index contributed by atoms with van der Waals surface area (Å²) >= 11 is 0. The Kier molecular flexibility index (Phi) is 6.23. The molecule has 3 fully saturated rings. The summed E-state index contributed by atoms with van der Waals surface area (Å²) in [6, 6.07) is 18.0. The number of carbonyl (C=O) groups excluding carboxylic acids is 2. The van der Waals surface area contributed by atoms with Crippen molar-refractivity contribution in [2.45, 2.75) is 76.2 Å². The maximum absolute atomic E-state index is 13.8. The van der Waals surface area contributed by atoms with Crippen LogP contribution in [0.3, 0.4) is 0 Å². The molecule has 0 aromatic heterocycles. The van der Waals surface area contributed by atoms with Gasteiger partial charge in [-0.25, -0.2) is 4.79 Å². The average Bonchev–Trinajstić information content (AvgIpc) is 3.45. The summed E-state index contributed by atoms with van der Waals surface area (Å²) in [6.45, 7) is 4.36. The third kappa shape index (κ3) is 4.44. The lowest BCUT2D eigenvalue weighted by atomic mass is 9.94. The van der Waals surface area contributed by atoms with E-state index in [1.807, 2.05) is 6.07 Å². The fourth-order valence-electron chi connectivity index (χ4n) is 6.68. The molecule has 1 atom stereocenters. The summed E-state index contributed by atoms with van der Waals surface area (Å²) in [5.41, 5.74) is 4.46. The molecule has 3 heterocycles. The van der Waals surface area contributed by atoms with Crippen molar-refractivity contribution in [1.29, 1.82) is 0 Å². The highest BCUT2D eigenvalue weighted by Gasteiger charge is 2.45. The minimum Gasteiger partial charge on any atom is -0.348 e. The lowest BCUT2D eigenvalue weighted by Crippen LogP contribution is -2.48. The number of urea groups is 1. The van der Waals surface area contributed by atoms with E-state index in [4.69, 9.17) is 0 Å². The first kappa shape index (κ1) is 22.6. The number of fused-ring (bicyclic) bond motifs is 1. The van der Waals surface area contributed by atoms with Gasteiger partial charge in [-0.1, -0.05) is 61.7 Å². The van der Waals surface area contributed by atoms with Crippen LogP contribution in [0.5, 0.6) is 0 Å². The molecule has 6 nitrogen and oxygen atoms in total. The van der Waals surface area contributed by atoms with E-state index in [0.717, 1.165) is 63.0 Å². The minimum atomic E-state index is 0.0397. The predicted molar refractivity (Wildman–Crippen MR) is 136 cm³/mol. The van der Waals surface area contributed by atoms with Gasteiger partial charge in [-0.2, -0.15) is 0 Å². The molecule has 0 bridgehead atoms. The van der Waals surface area contributed by atoms with Gasteiger partial charge >= 0.3 is 6.03 Å². The van der Waals surface area contributed by atoms with E-state index in [0.29, 0.717) is 18.6 Å². The molecule has 6 heteroatoms. The van der Waals surface area contributed by atoms with E-state index in [2.05, 4.69) is 62.5 Å². The molecule has 3 aliphatic heterocycles. The van der Waals surface area contributed by atoms with Crippen molar-refractivity contribution in [3.63, 3.8) is 0 Å². The molecular formula is C29H36N4O2. The van der Waals surface area contributed by atoms with Gasteiger partial charge in [-0.3, -0.25) is 9.69 Å². The van der Waals surface area contributed by atoms with E-state index in [9.17, 15) is 9.59 Å². The topological polar surface area (TPSA) is 55.9 Å². The Balaban J connectivity index is 1.14. The van der Waals surface area contributed by atoms with Gasteiger partial charge in [0.25, 0.3) is 5.91 Å².